The molecule has 3 nitrogen and oxygen atoms in total. The number of hydrogen-bond donors (Lipinski definition) is 0. The van der Waals surface area contributed by atoms with E-state index in [-0.39, 0.29) is 6.61 Å². The van der Waals surface area contributed by atoms with Crippen LogP contribution in [0, 0.1) is 12.3 Å². The van der Waals surface area contributed by atoms with Crippen LogP contribution in [0.5, 0.6) is 0 Å². The van der Waals surface area contributed by atoms with E-state index in [2.05, 4.69) is 22.3 Å². The van der Waals surface area contributed by atoms with Crippen molar-refractivity contribution in [3.63, 3.8) is 0 Å². The van der Waals surface area contributed by atoms with Crippen molar-refractivity contribution >= 4 is 5.97 Å². The summed E-state index contributed by atoms with van der Waals surface area (Å²) in [5.41, 5.74) is 0. The summed E-state index contributed by atoms with van der Waals surface area (Å²) in [4.78, 5) is 18.8. The van der Waals surface area contributed by atoms with Crippen LogP contribution in [0.3, 0.4) is 0 Å². The summed E-state index contributed by atoms with van der Waals surface area (Å²) >= 11 is 0. The van der Waals surface area contributed by atoms with E-state index < -0.39 is 5.97 Å². The highest BCUT2D eigenvalue weighted by Crippen LogP contribution is 1.83. The molecule has 0 amide bonds. The maximum Gasteiger partial charge on any atom is 0.365 e. The molecule has 0 unspecified atom stereocenters. The Labute approximate surface area is 59.6 Å². The van der Waals surface area contributed by atoms with Crippen LogP contribution in [0.25, 0.3) is 0 Å². The summed E-state index contributed by atoms with van der Waals surface area (Å²) < 4.78 is 0. The van der Waals surface area contributed by atoms with Crippen LogP contribution in [-0.4, -0.2) is 12.6 Å². The van der Waals surface area contributed by atoms with Crippen LogP contribution in [0.15, 0.2) is 12.7 Å². The molecule has 0 N–H and O–H groups in total. The number of carbonyl (C=O) groups excluding carboxylic acids is 1. The number of carbonyl (C=O) groups is 1. The highest BCUT2D eigenvalue weighted by Gasteiger charge is 1.93. The van der Waals surface area contributed by atoms with Crippen molar-refractivity contribution in [2.24, 2.45) is 0 Å². The van der Waals surface area contributed by atoms with Crippen LogP contribution in [-0.2, 0) is 14.6 Å². The highest BCUT2D eigenvalue weighted by molar-refractivity contribution is 5.80. The lowest BCUT2D eigenvalue weighted by atomic mass is 10.5. The quantitative estimate of drug-likeness (QED) is 0.189. The zero-order chi connectivity index (χ0) is 7.82. The third-order valence-electron chi connectivity index (χ3n) is 0.637. The zero-order valence-corrected chi connectivity index (χ0v) is 5.50. The first-order valence-electron chi connectivity index (χ1n) is 2.70. The van der Waals surface area contributed by atoms with Crippen molar-refractivity contribution in [1.29, 1.82) is 0 Å². The van der Waals surface area contributed by atoms with Gasteiger partial charge in [0.05, 0.1) is 0 Å². The molecule has 0 radical (unpaired) electrons. The third kappa shape index (κ3) is 4.88. The van der Waals surface area contributed by atoms with E-state index in [9.17, 15) is 4.79 Å². The smallest absolute Gasteiger partial charge is 0.294 e. The summed E-state index contributed by atoms with van der Waals surface area (Å²) in [6, 6.07) is 0. The van der Waals surface area contributed by atoms with Crippen molar-refractivity contribution in [3.8, 4) is 12.3 Å². The predicted octanol–water partition coefficient (Wildman–Crippen LogP) is 0.671. The van der Waals surface area contributed by atoms with Gasteiger partial charge in [-0.3, -0.25) is 4.89 Å². The van der Waals surface area contributed by atoms with Gasteiger partial charge in [-0.2, -0.15) is 4.89 Å². The van der Waals surface area contributed by atoms with E-state index in [0.29, 0.717) is 6.42 Å². The summed E-state index contributed by atoms with van der Waals surface area (Å²) in [7, 11) is 0. The standard InChI is InChI=1S/C7H8O3/c1-3-5-6-9-10-7(8)4-2/h1,4H,2,5-6H2. The second-order valence-electron chi connectivity index (χ2n) is 1.38. The molecule has 0 aliphatic rings. The van der Waals surface area contributed by atoms with E-state index in [1.807, 2.05) is 0 Å². The zero-order valence-electron chi connectivity index (χ0n) is 5.50. The maximum absolute atomic E-state index is 10.3. The van der Waals surface area contributed by atoms with Gasteiger partial charge in [0.25, 0.3) is 0 Å². The second-order valence-corrected chi connectivity index (χ2v) is 1.38. The summed E-state index contributed by atoms with van der Waals surface area (Å²) in [6.45, 7) is 3.38. The molecule has 0 heterocycles. The highest BCUT2D eigenvalue weighted by atomic mass is 17.2. The predicted molar refractivity (Wildman–Crippen MR) is 35.7 cm³/mol. The van der Waals surface area contributed by atoms with Gasteiger partial charge < -0.3 is 0 Å². The lowest BCUT2D eigenvalue weighted by molar-refractivity contribution is -0.266. The van der Waals surface area contributed by atoms with Crippen molar-refractivity contribution < 1.29 is 14.6 Å². The Balaban J connectivity index is 3.13. The molecule has 10 heavy (non-hydrogen) atoms. The molecule has 0 aromatic carbocycles. The summed E-state index contributed by atoms with van der Waals surface area (Å²) in [5.74, 6) is 1.70. The van der Waals surface area contributed by atoms with Gasteiger partial charge >= 0.3 is 5.97 Å². The Morgan fingerprint density at radius 1 is 1.80 bits per heavy atom. The maximum atomic E-state index is 10.3. The van der Waals surface area contributed by atoms with Crippen molar-refractivity contribution in [2.45, 2.75) is 6.42 Å². The first-order chi connectivity index (χ1) is 4.81. The Kier molecular flexibility index (Phi) is 5.12. The molecule has 54 valence electrons. The lowest BCUT2D eigenvalue weighted by Gasteiger charge is -1.96. The third-order valence-corrected chi connectivity index (χ3v) is 0.637. The van der Waals surface area contributed by atoms with E-state index >= 15 is 0 Å². The minimum atomic E-state index is -0.614. The molecule has 0 aromatic heterocycles. The monoisotopic (exact) mass is 140 g/mol. The molecular weight excluding hydrogens is 132 g/mol. The van der Waals surface area contributed by atoms with Crippen molar-refractivity contribution in [3.05, 3.63) is 12.7 Å². The number of terminal acetylenes is 1. The van der Waals surface area contributed by atoms with Crippen LogP contribution < -0.4 is 0 Å². The fourth-order valence-corrected chi connectivity index (χ4v) is 0.234. The molecule has 0 atom stereocenters. The van der Waals surface area contributed by atoms with Gasteiger partial charge in [0.2, 0.25) is 0 Å². The van der Waals surface area contributed by atoms with Gasteiger partial charge in [0.15, 0.2) is 0 Å². The topological polar surface area (TPSA) is 35.5 Å². The van der Waals surface area contributed by atoms with Crippen molar-refractivity contribution in [1.82, 2.24) is 0 Å². The van der Waals surface area contributed by atoms with Crippen LogP contribution in [0.4, 0.5) is 0 Å². The minimum Gasteiger partial charge on any atom is -0.294 e. The molecule has 0 aliphatic heterocycles. The number of hydrogen-bond acceptors (Lipinski definition) is 3. The minimum absolute atomic E-state index is 0.218. The van der Waals surface area contributed by atoms with Crippen LogP contribution in [0.1, 0.15) is 6.42 Å². The molecule has 0 aromatic rings. The van der Waals surface area contributed by atoms with Gasteiger partial charge in [-0.05, 0) is 0 Å². The fraction of sp³-hybridized carbons (Fsp3) is 0.286. The van der Waals surface area contributed by atoms with Gasteiger partial charge in [0.1, 0.15) is 6.61 Å². The Hall–Kier alpha value is -1.27. The lowest BCUT2D eigenvalue weighted by Crippen LogP contribution is -2.02. The van der Waals surface area contributed by atoms with Gasteiger partial charge in [-0.15, -0.1) is 12.3 Å². The molecule has 0 saturated heterocycles. The van der Waals surface area contributed by atoms with E-state index in [1.54, 1.807) is 0 Å². The summed E-state index contributed by atoms with van der Waals surface area (Å²) in [5, 5.41) is 0. The second kappa shape index (κ2) is 5.86. The molecule has 0 rings (SSSR count). The van der Waals surface area contributed by atoms with E-state index in [1.165, 1.54) is 0 Å². The number of rotatable bonds is 4. The van der Waals surface area contributed by atoms with Crippen LogP contribution in [0.2, 0.25) is 0 Å². The first-order valence-corrected chi connectivity index (χ1v) is 2.70. The van der Waals surface area contributed by atoms with E-state index in [4.69, 9.17) is 6.42 Å². The SMILES string of the molecule is C#CCCOOC(=O)C=C. The Morgan fingerprint density at radius 2 is 2.50 bits per heavy atom. The summed E-state index contributed by atoms with van der Waals surface area (Å²) in [6.07, 6.45) is 6.32. The largest absolute Gasteiger partial charge is 0.365 e. The molecular formula is C7H8O3. The van der Waals surface area contributed by atoms with Gasteiger partial charge in [-0.1, -0.05) is 6.58 Å². The molecule has 3 heteroatoms. The Morgan fingerprint density at radius 3 is 3.00 bits per heavy atom. The molecule has 0 saturated carbocycles. The van der Waals surface area contributed by atoms with E-state index in [0.717, 1.165) is 6.08 Å². The Bertz CT molecular complexity index is 155. The normalized spacial score (nSPS) is 7.90. The van der Waals surface area contributed by atoms with Crippen molar-refractivity contribution in [2.75, 3.05) is 6.61 Å². The first kappa shape index (κ1) is 8.73. The van der Waals surface area contributed by atoms with Crippen LogP contribution >= 0.6 is 0 Å². The molecule has 0 aliphatic carbocycles. The average molecular weight is 140 g/mol. The average Bonchev–Trinajstić information content (AvgIpc) is 1.98. The molecule has 0 bridgehead atoms. The van der Waals surface area contributed by atoms with Gasteiger partial charge in [-0.25, -0.2) is 4.79 Å². The van der Waals surface area contributed by atoms with Gasteiger partial charge in [0, 0.05) is 12.5 Å². The molecule has 0 fully saturated rings. The fourth-order valence-electron chi connectivity index (χ4n) is 0.234. The molecule has 0 spiro atoms.